The maximum atomic E-state index is 11.9. The van der Waals surface area contributed by atoms with Crippen molar-refractivity contribution in [3.8, 4) is 0 Å². The van der Waals surface area contributed by atoms with E-state index in [2.05, 4.69) is 30.7 Å². The largest absolute Gasteiger partial charge is 0.343 e. The van der Waals surface area contributed by atoms with E-state index in [-0.39, 0.29) is 11.3 Å². The SMILES string of the molecule is CCN(CC)C(=O)CSc1cc(C(C)(C)C)ncn1. The van der Waals surface area contributed by atoms with Gasteiger partial charge in [-0.05, 0) is 19.9 Å². The van der Waals surface area contributed by atoms with E-state index in [0.717, 1.165) is 23.8 Å². The average Bonchev–Trinajstić information content (AvgIpc) is 2.37. The highest BCUT2D eigenvalue weighted by molar-refractivity contribution is 7.99. The third kappa shape index (κ3) is 4.82. The van der Waals surface area contributed by atoms with Crippen molar-refractivity contribution in [1.82, 2.24) is 14.9 Å². The Morgan fingerprint density at radius 2 is 1.89 bits per heavy atom. The molecule has 5 heteroatoms. The first kappa shape index (κ1) is 16.0. The van der Waals surface area contributed by atoms with Gasteiger partial charge in [0.25, 0.3) is 0 Å². The molecule has 0 aliphatic rings. The molecule has 1 aromatic rings. The molecule has 1 rings (SSSR count). The first-order chi connectivity index (χ1) is 8.88. The second kappa shape index (κ2) is 6.89. The monoisotopic (exact) mass is 281 g/mol. The van der Waals surface area contributed by atoms with Crippen molar-refractivity contribution in [2.75, 3.05) is 18.8 Å². The molecule has 0 bridgehead atoms. The molecule has 0 radical (unpaired) electrons. The van der Waals surface area contributed by atoms with E-state index in [1.807, 2.05) is 24.8 Å². The fraction of sp³-hybridized carbons (Fsp3) is 0.643. The van der Waals surface area contributed by atoms with Crippen molar-refractivity contribution >= 4 is 17.7 Å². The number of hydrogen-bond donors (Lipinski definition) is 0. The summed E-state index contributed by atoms with van der Waals surface area (Å²) in [5, 5.41) is 0.862. The molecule has 0 saturated heterocycles. The highest BCUT2D eigenvalue weighted by atomic mass is 32.2. The summed E-state index contributed by atoms with van der Waals surface area (Å²) in [5.41, 5.74) is 1.00. The van der Waals surface area contributed by atoms with Crippen LogP contribution in [0.2, 0.25) is 0 Å². The summed E-state index contributed by atoms with van der Waals surface area (Å²) in [4.78, 5) is 22.3. The Morgan fingerprint density at radius 3 is 2.42 bits per heavy atom. The number of rotatable bonds is 5. The minimum absolute atomic E-state index is 0.00112. The number of carbonyl (C=O) groups is 1. The van der Waals surface area contributed by atoms with Crippen molar-refractivity contribution in [3.05, 3.63) is 18.1 Å². The third-order valence-corrected chi connectivity index (χ3v) is 3.78. The molecular formula is C14H23N3OS. The summed E-state index contributed by atoms with van der Waals surface area (Å²) >= 11 is 1.48. The summed E-state index contributed by atoms with van der Waals surface area (Å²) in [6.45, 7) is 11.9. The number of hydrogen-bond acceptors (Lipinski definition) is 4. The van der Waals surface area contributed by atoms with Gasteiger partial charge in [0.1, 0.15) is 11.4 Å². The lowest BCUT2D eigenvalue weighted by atomic mass is 9.92. The topological polar surface area (TPSA) is 46.1 Å². The summed E-state index contributed by atoms with van der Waals surface area (Å²) < 4.78 is 0. The third-order valence-electron chi connectivity index (χ3n) is 2.87. The minimum atomic E-state index is 0.00112. The average molecular weight is 281 g/mol. The molecule has 106 valence electrons. The van der Waals surface area contributed by atoms with Crippen LogP contribution in [0.4, 0.5) is 0 Å². The molecular weight excluding hydrogens is 258 g/mol. The van der Waals surface area contributed by atoms with Crippen LogP contribution in [0.25, 0.3) is 0 Å². The molecule has 0 fully saturated rings. The zero-order valence-corrected chi connectivity index (χ0v) is 13.3. The Bertz CT molecular complexity index is 425. The predicted molar refractivity (Wildman–Crippen MR) is 79.4 cm³/mol. The summed E-state index contributed by atoms with van der Waals surface area (Å²) in [6.07, 6.45) is 1.57. The molecule has 19 heavy (non-hydrogen) atoms. The maximum absolute atomic E-state index is 11.9. The normalized spacial score (nSPS) is 11.4. The summed E-state index contributed by atoms with van der Waals surface area (Å²) in [5.74, 6) is 0.591. The van der Waals surface area contributed by atoms with Gasteiger partial charge in [-0.15, -0.1) is 0 Å². The lowest BCUT2D eigenvalue weighted by molar-refractivity contribution is -0.127. The summed E-state index contributed by atoms with van der Waals surface area (Å²) in [7, 11) is 0. The van der Waals surface area contributed by atoms with Gasteiger partial charge >= 0.3 is 0 Å². The van der Waals surface area contributed by atoms with E-state index >= 15 is 0 Å². The van der Waals surface area contributed by atoms with Crippen LogP contribution in [0.1, 0.15) is 40.3 Å². The molecule has 0 aliphatic heterocycles. The van der Waals surface area contributed by atoms with E-state index in [0.29, 0.717) is 5.75 Å². The molecule has 0 aliphatic carbocycles. The Kier molecular flexibility index (Phi) is 5.79. The first-order valence-corrected chi connectivity index (χ1v) is 7.60. The second-order valence-electron chi connectivity index (χ2n) is 5.35. The van der Waals surface area contributed by atoms with Crippen LogP contribution < -0.4 is 0 Å². The Balaban J connectivity index is 2.66. The van der Waals surface area contributed by atoms with Gasteiger partial charge in [0, 0.05) is 18.5 Å². The van der Waals surface area contributed by atoms with Crippen LogP contribution in [0, 0.1) is 0 Å². The van der Waals surface area contributed by atoms with Crippen molar-refractivity contribution in [2.24, 2.45) is 0 Å². The van der Waals surface area contributed by atoms with Crippen LogP contribution in [-0.4, -0.2) is 39.6 Å². The van der Waals surface area contributed by atoms with Gasteiger partial charge in [0.2, 0.25) is 5.91 Å². The molecule has 0 atom stereocenters. The second-order valence-corrected chi connectivity index (χ2v) is 6.34. The van der Waals surface area contributed by atoms with Crippen molar-refractivity contribution in [1.29, 1.82) is 0 Å². The molecule has 0 unspecified atom stereocenters. The van der Waals surface area contributed by atoms with Crippen LogP contribution in [0.15, 0.2) is 17.4 Å². The number of thioether (sulfide) groups is 1. The van der Waals surface area contributed by atoms with Crippen molar-refractivity contribution < 1.29 is 4.79 Å². The summed E-state index contributed by atoms with van der Waals surface area (Å²) in [6, 6.07) is 1.97. The lowest BCUT2D eigenvalue weighted by Crippen LogP contribution is -2.31. The fourth-order valence-electron chi connectivity index (χ4n) is 1.63. The predicted octanol–water partition coefficient (Wildman–Crippen LogP) is 2.73. The molecule has 0 aromatic carbocycles. The Morgan fingerprint density at radius 1 is 1.26 bits per heavy atom. The molecule has 1 heterocycles. The van der Waals surface area contributed by atoms with Gasteiger partial charge in [-0.2, -0.15) is 0 Å². The highest BCUT2D eigenvalue weighted by Crippen LogP contribution is 2.23. The van der Waals surface area contributed by atoms with Gasteiger partial charge in [0.15, 0.2) is 0 Å². The molecule has 1 amide bonds. The molecule has 1 aromatic heterocycles. The number of nitrogens with zero attached hydrogens (tertiary/aromatic N) is 3. The fourth-order valence-corrected chi connectivity index (χ4v) is 2.40. The Hall–Kier alpha value is -1.10. The smallest absolute Gasteiger partial charge is 0.232 e. The van der Waals surface area contributed by atoms with Crippen LogP contribution in [0.5, 0.6) is 0 Å². The van der Waals surface area contributed by atoms with Crippen molar-refractivity contribution in [2.45, 2.75) is 45.1 Å². The number of amides is 1. The van der Waals surface area contributed by atoms with E-state index in [1.165, 1.54) is 11.8 Å². The zero-order chi connectivity index (χ0) is 14.5. The van der Waals surface area contributed by atoms with Crippen LogP contribution in [0.3, 0.4) is 0 Å². The number of aromatic nitrogens is 2. The van der Waals surface area contributed by atoms with Gasteiger partial charge in [-0.25, -0.2) is 9.97 Å². The lowest BCUT2D eigenvalue weighted by Gasteiger charge is -2.19. The van der Waals surface area contributed by atoms with Crippen LogP contribution in [-0.2, 0) is 10.2 Å². The van der Waals surface area contributed by atoms with Crippen LogP contribution >= 0.6 is 11.8 Å². The van der Waals surface area contributed by atoms with E-state index in [1.54, 1.807) is 6.33 Å². The quantitative estimate of drug-likeness (QED) is 0.615. The molecule has 0 spiro atoms. The van der Waals surface area contributed by atoms with E-state index < -0.39 is 0 Å². The van der Waals surface area contributed by atoms with Gasteiger partial charge in [-0.1, -0.05) is 32.5 Å². The molecule has 4 nitrogen and oxygen atoms in total. The zero-order valence-electron chi connectivity index (χ0n) is 12.4. The van der Waals surface area contributed by atoms with Gasteiger partial charge in [0.05, 0.1) is 11.4 Å². The molecule has 0 saturated carbocycles. The minimum Gasteiger partial charge on any atom is -0.343 e. The first-order valence-electron chi connectivity index (χ1n) is 6.61. The number of carbonyl (C=O) groups excluding carboxylic acids is 1. The molecule has 0 N–H and O–H groups in total. The standard InChI is InChI=1S/C14H23N3OS/c1-6-17(7-2)13(18)9-19-12-8-11(14(3,4)5)15-10-16-12/h8,10H,6-7,9H2,1-5H3. The maximum Gasteiger partial charge on any atom is 0.232 e. The Labute approximate surface area is 120 Å². The highest BCUT2D eigenvalue weighted by Gasteiger charge is 2.17. The van der Waals surface area contributed by atoms with E-state index in [9.17, 15) is 4.79 Å². The van der Waals surface area contributed by atoms with E-state index in [4.69, 9.17) is 0 Å². The van der Waals surface area contributed by atoms with Gasteiger partial charge < -0.3 is 4.90 Å². The van der Waals surface area contributed by atoms with Gasteiger partial charge in [-0.3, -0.25) is 4.79 Å². The van der Waals surface area contributed by atoms with Crippen molar-refractivity contribution in [3.63, 3.8) is 0 Å².